The van der Waals surface area contributed by atoms with Gasteiger partial charge in [0.15, 0.2) is 0 Å². The van der Waals surface area contributed by atoms with Gasteiger partial charge in [0.25, 0.3) is 0 Å². The van der Waals surface area contributed by atoms with Crippen LogP contribution in [0.25, 0.3) is 0 Å². The van der Waals surface area contributed by atoms with Gasteiger partial charge in [0.1, 0.15) is 5.78 Å². The Bertz CT molecular complexity index is 230. The van der Waals surface area contributed by atoms with Crippen LogP contribution in [0.3, 0.4) is 0 Å². The maximum atomic E-state index is 11.6. The van der Waals surface area contributed by atoms with E-state index >= 15 is 0 Å². The smallest absolute Gasteiger partial charge is 0.132 e. The van der Waals surface area contributed by atoms with E-state index in [1.54, 1.807) is 0 Å². The van der Waals surface area contributed by atoms with Crippen LogP contribution in [-0.2, 0) is 4.79 Å². The van der Waals surface area contributed by atoms with E-state index in [1.807, 2.05) is 0 Å². The average Bonchev–Trinajstić information content (AvgIpc) is 2.16. The van der Waals surface area contributed by atoms with Gasteiger partial charge in [-0.05, 0) is 36.5 Å². The lowest BCUT2D eigenvalue weighted by Gasteiger charge is -2.43. The Morgan fingerprint density at radius 1 is 1.31 bits per heavy atom. The van der Waals surface area contributed by atoms with Gasteiger partial charge in [0.05, 0.1) is 0 Å². The van der Waals surface area contributed by atoms with Crippen molar-refractivity contribution in [3.63, 3.8) is 0 Å². The molecule has 1 fully saturated rings. The van der Waals surface area contributed by atoms with Gasteiger partial charge in [-0.1, -0.05) is 40.5 Å². The lowest BCUT2D eigenvalue weighted by molar-refractivity contribution is -0.119. The van der Waals surface area contributed by atoms with E-state index in [4.69, 9.17) is 0 Å². The van der Waals surface area contributed by atoms with Gasteiger partial charge < -0.3 is 0 Å². The number of ketones is 1. The summed E-state index contributed by atoms with van der Waals surface area (Å²) in [4.78, 5) is 11.6. The largest absolute Gasteiger partial charge is 0.300 e. The number of rotatable bonds is 5. The number of hydrogen-bond donors (Lipinski definition) is 0. The number of carbonyl (C=O) groups excluding carboxylic acids is 1. The molecular formula is C15H28O. The van der Waals surface area contributed by atoms with Crippen LogP contribution in [0.15, 0.2) is 0 Å². The fourth-order valence-corrected chi connectivity index (χ4v) is 3.43. The molecule has 1 rings (SSSR count). The first kappa shape index (κ1) is 13.7. The van der Waals surface area contributed by atoms with Crippen molar-refractivity contribution in [3.05, 3.63) is 0 Å². The van der Waals surface area contributed by atoms with E-state index in [-0.39, 0.29) is 0 Å². The third-order valence-corrected chi connectivity index (χ3v) is 4.43. The van der Waals surface area contributed by atoms with E-state index < -0.39 is 0 Å². The van der Waals surface area contributed by atoms with E-state index in [0.717, 1.165) is 37.5 Å². The van der Waals surface area contributed by atoms with Crippen LogP contribution >= 0.6 is 0 Å². The molecule has 0 heterocycles. The molecule has 94 valence electrons. The van der Waals surface area contributed by atoms with Crippen molar-refractivity contribution < 1.29 is 4.79 Å². The summed E-state index contributed by atoms with van der Waals surface area (Å²) in [6.45, 7) is 9.23. The van der Waals surface area contributed by atoms with Crippen LogP contribution in [0.2, 0.25) is 0 Å². The highest BCUT2D eigenvalue weighted by molar-refractivity contribution is 5.78. The molecule has 0 N–H and O–H groups in total. The van der Waals surface area contributed by atoms with Crippen LogP contribution in [-0.4, -0.2) is 5.78 Å². The molecule has 2 atom stereocenters. The maximum Gasteiger partial charge on any atom is 0.132 e. The molecule has 0 aromatic heterocycles. The zero-order valence-electron chi connectivity index (χ0n) is 11.5. The predicted molar refractivity (Wildman–Crippen MR) is 69.4 cm³/mol. The monoisotopic (exact) mass is 224 g/mol. The SMILES string of the molecule is CCCC(=O)CC[C@H]1[C@@H](C)CCCC1(C)C. The van der Waals surface area contributed by atoms with Gasteiger partial charge >= 0.3 is 0 Å². The van der Waals surface area contributed by atoms with Gasteiger partial charge in [-0.25, -0.2) is 0 Å². The summed E-state index contributed by atoms with van der Waals surface area (Å²) in [6.07, 6.45) is 7.77. The van der Waals surface area contributed by atoms with E-state index in [9.17, 15) is 4.79 Å². The Kier molecular flexibility index (Phi) is 5.01. The minimum Gasteiger partial charge on any atom is -0.300 e. The molecule has 0 bridgehead atoms. The molecule has 16 heavy (non-hydrogen) atoms. The van der Waals surface area contributed by atoms with Crippen molar-refractivity contribution in [2.45, 2.75) is 72.6 Å². The van der Waals surface area contributed by atoms with Crippen molar-refractivity contribution in [1.82, 2.24) is 0 Å². The molecule has 0 radical (unpaired) electrons. The Morgan fingerprint density at radius 3 is 2.56 bits per heavy atom. The minimum absolute atomic E-state index is 0.449. The summed E-state index contributed by atoms with van der Waals surface area (Å²) < 4.78 is 0. The standard InChI is InChI=1S/C15H28O/c1-5-7-13(16)9-10-14-12(2)8-6-11-15(14,3)4/h12,14H,5-11H2,1-4H3/t12-,14-/m0/s1. The molecule has 0 spiro atoms. The number of carbonyl (C=O) groups is 1. The summed E-state index contributed by atoms with van der Waals surface area (Å²) in [5.74, 6) is 2.02. The Hall–Kier alpha value is -0.330. The fraction of sp³-hybridized carbons (Fsp3) is 0.933. The van der Waals surface area contributed by atoms with Crippen LogP contribution < -0.4 is 0 Å². The summed E-state index contributed by atoms with van der Waals surface area (Å²) in [5, 5.41) is 0. The summed E-state index contributed by atoms with van der Waals surface area (Å²) >= 11 is 0. The molecular weight excluding hydrogens is 196 g/mol. The van der Waals surface area contributed by atoms with Gasteiger partial charge in [-0.2, -0.15) is 0 Å². The average molecular weight is 224 g/mol. The van der Waals surface area contributed by atoms with Crippen molar-refractivity contribution in [1.29, 1.82) is 0 Å². The molecule has 1 aliphatic carbocycles. The Balaban J connectivity index is 2.46. The molecule has 0 amide bonds. The predicted octanol–water partition coefficient (Wildman–Crippen LogP) is 4.60. The van der Waals surface area contributed by atoms with E-state index in [1.165, 1.54) is 19.3 Å². The second kappa shape index (κ2) is 5.84. The van der Waals surface area contributed by atoms with E-state index in [2.05, 4.69) is 27.7 Å². The molecule has 0 aliphatic heterocycles. The third-order valence-electron chi connectivity index (χ3n) is 4.43. The quantitative estimate of drug-likeness (QED) is 0.667. The second-order valence-corrected chi connectivity index (χ2v) is 6.29. The zero-order chi connectivity index (χ0) is 12.2. The first-order chi connectivity index (χ1) is 7.47. The van der Waals surface area contributed by atoms with Crippen LogP contribution in [0.5, 0.6) is 0 Å². The third kappa shape index (κ3) is 3.61. The van der Waals surface area contributed by atoms with E-state index in [0.29, 0.717) is 11.2 Å². The molecule has 0 aromatic rings. The highest BCUT2D eigenvalue weighted by atomic mass is 16.1. The van der Waals surface area contributed by atoms with Crippen LogP contribution in [0.4, 0.5) is 0 Å². The minimum atomic E-state index is 0.449. The molecule has 0 unspecified atom stereocenters. The van der Waals surface area contributed by atoms with Gasteiger partial charge in [-0.15, -0.1) is 0 Å². The highest BCUT2D eigenvalue weighted by Gasteiger charge is 2.36. The zero-order valence-corrected chi connectivity index (χ0v) is 11.5. The molecule has 1 aliphatic rings. The van der Waals surface area contributed by atoms with Crippen molar-refractivity contribution in [2.24, 2.45) is 17.3 Å². The first-order valence-electron chi connectivity index (χ1n) is 6.99. The lowest BCUT2D eigenvalue weighted by atomic mass is 9.62. The Labute approximate surface area is 101 Å². The topological polar surface area (TPSA) is 17.1 Å². The lowest BCUT2D eigenvalue weighted by Crippen LogP contribution is -2.34. The van der Waals surface area contributed by atoms with Crippen molar-refractivity contribution in [2.75, 3.05) is 0 Å². The molecule has 1 heteroatoms. The molecule has 1 saturated carbocycles. The fourth-order valence-electron chi connectivity index (χ4n) is 3.43. The Morgan fingerprint density at radius 2 is 2.00 bits per heavy atom. The van der Waals surface area contributed by atoms with Crippen LogP contribution in [0, 0.1) is 17.3 Å². The first-order valence-corrected chi connectivity index (χ1v) is 6.99. The molecule has 0 aromatic carbocycles. The van der Waals surface area contributed by atoms with Gasteiger partial charge in [0, 0.05) is 12.8 Å². The summed E-state index contributed by atoms with van der Waals surface area (Å²) in [5.41, 5.74) is 0.449. The maximum absolute atomic E-state index is 11.6. The molecule has 1 nitrogen and oxygen atoms in total. The van der Waals surface area contributed by atoms with Crippen molar-refractivity contribution in [3.8, 4) is 0 Å². The number of Topliss-reactive ketones (excluding diaryl/α,β-unsaturated/α-hetero) is 1. The molecule has 0 saturated heterocycles. The second-order valence-electron chi connectivity index (χ2n) is 6.29. The van der Waals surface area contributed by atoms with Crippen LogP contribution in [0.1, 0.15) is 72.6 Å². The van der Waals surface area contributed by atoms with Gasteiger partial charge in [-0.3, -0.25) is 4.79 Å². The summed E-state index contributed by atoms with van der Waals surface area (Å²) in [6, 6.07) is 0. The van der Waals surface area contributed by atoms with Crippen molar-refractivity contribution >= 4 is 5.78 Å². The normalized spacial score (nSPS) is 29.0. The number of hydrogen-bond acceptors (Lipinski definition) is 1. The highest BCUT2D eigenvalue weighted by Crippen LogP contribution is 2.46. The van der Waals surface area contributed by atoms with Gasteiger partial charge in [0.2, 0.25) is 0 Å². The summed E-state index contributed by atoms with van der Waals surface area (Å²) in [7, 11) is 0.